The van der Waals surface area contributed by atoms with E-state index in [0.717, 1.165) is 24.3 Å². The summed E-state index contributed by atoms with van der Waals surface area (Å²) in [5.41, 5.74) is 2.40. The van der Waals surface area contributed by atoms with E-state index in [1.807, 2.05) is 24.3 Å². The van der Waals surface area contributed by atoms with Crippen molar-refractivity contribution >= 4 is 11.6 Å². The van der Waals surface area contributed by atoms with E-state index < -0.39 is 0 Å². The van der Waals surface area contributed by atoms with Gasteiger partial charge in [0.25, 0.3) is 5.91 Å². The molecular weight excluding hydrogens is 334 g/mol. The van der Waals surface area contributed by atoms with Gasteiger partial charge in [-0.2, -0.15) is 0 Å². The summed E-state index contributed by atoms with van der Waals surface area (Å²) in [6, 6.07) is 7.43. The van der Waals surface area contributed by atoms with E-state index in [-0.39, 0.29) is 5.91 Å². The second kappa shape index (κ2) is 8.53. The van der Waals surface area contributed by atoms with Gasteiger partial charge in [-0.3, -0.25) is 9.78 Å². The molecule has 0 spiro atoms. The van der Waals surface area contributed by atoms with Gasteiger partial charge in [0, 0.05) is 25.8 Å². The first-order valence-corrected chi connectivity index (χ1v) is 8.48. The van der Waals surface area contributed by atoms with Crippen LogP contribution >= 0.6 is 0 Å². The summed E-state index contributed by atoms with van der Waals surface area (Å²) in [6.07, 6.45) is 3.35. The fourth-order valence-corrected chi connectivity index (χ4v) is 2.82. The number of hydrogen-bond donors (Lipinski definition) is 1. The van der Waals surface area contributed by atoms with Gasteiger partial charge < -0.3 is 24.4 Å². The SMILES string of the molecule is COc1ccc(CNC(=O)c2cncc(N3CCOCC3)c2)cc1OC. The van der Waals surface area contributed by atoms with Crippen LogP contribution in [-0.2, 0) is 11.3 Å². The molecule has 7 heteroatoms. The Balaban J connectivity index is 1.65. The summed E-state index contributed by atoms with van der Waals surface area (Å²) >= 11 is 0. The van der Waals surface area contributed by atoms with Gasteiger partial charge in [0.05, 0.1) is 44.9 Å². The first-order chi connectivity index (χ1) is 12.7. The van der Waals surface area contributed by atoms with Crippen molar-refractivity contribution in [1.82, 2.24) is 10.3 Å². The van der Waals surface area contributed by atoms with Crippen LogP contribution in [0.15, 0.2) is 36.7 Å². The molecule has 3 rings (SSSR count). The van der Waals surface area contributed by atoms with Crippen LogP contribution in [0.2, 0.25) is 0 Å². The second-order valence-corrected chi connectivity index (χ2v) is 5.90. The predicted molar refractivity (Wildman–Crippen MR) is 98.0 cm³/mol. The molecule has 1 aromatic carbocycles. The number of morpholine rings is 1. The predicted octanol–water partition coefficient (Wildman–Crippen LogP) is 1.87. The number of nitrogens with zero attached hydrogens (tertiary/aromatic N) is 2. The summed E-state index contributed by atoms with van der Waals surface area (Å²) in [5.74, 6) is 1.13. The lowest BCUT2D eigenvalue weighted by molar-refractivity contribution is 0.0950. The van der Waals surface area contributed by atoms with E-state index in [1.54, 1.807) is 26.6 Å². The van der Waals surface area contributed by atoms with Crippen molar-refractivity contribution in [1.29, 1.82) is 0 Å². The zero-order valence-corrected chi connectivity index (χ0v) is 15.0. The number of carbonyl (C=O) groups excluding carboxylic acids is 1. The molecule has 2 heterocycles. The van der Waals surface area contributed by atoms with E-state index >= 15 is 0 Å². The van der Waals surface area contributed by atoms with Crippen LogP contribution < -0.4 is 19.7 Å². The third kappa shape index (κ3) is 4.23. The smallest absolute Gasteiger partial charge is 0.253 e. The normalized spacial score (nSPS) is 14.0. The Kier molecular flexibility index (Phi) is 5.91. The molecule has 26 heavy (non-hydrogen) atoms. The van der Waals surface area contributed by atoms with E-state index in [9.17, 15) is 4.79 Å². The molecule has 0 unspecified atom stereocenters. The molecule has 1 saturated heterocycles. The number of pyridine rings is 1. The Hall–Kier alpha value is -2.80. The van der Waals surface area contributed by atoms with Crippen molar-refractivity contribution in [3.63, 3.8) is 0 Å². The van der Waals surface area contributed by atoms with Gasteiger partial charge in [0.1, 0.15) is 0 Å². The summed E-state index contributed by atoms with van der Waals surface area (Å²) in [7, 11) is 3.18. The number of aromatic nitrogens is 1. The monoisotopic (exact) mass is 357 g/mol. The maximum atomic E-state index is 12.5. The maximum absolute atomic E-state index is 12.5. The number of nitrogens with one attached hydrogen (secondary N) is 1. The van der Waals surface area contributed by atoms with Crippen molar-refractivity contribution in [2.24, 2.45) is 0 Å². The van der Waals surface area contributed by atoms with Crippen molar-refractivity contribution in [3.05, 3.63) is 47.8 Å². The summed E-state index contributed by atoms with van der Waals surface area (Å²) in [5, 5.41) is 2.92. The number of amides is 1. The molecule has 1 fully saturated rings. The number of rotatable bonds is 6. The van der Waals surface area contributed by atoms with E-state index in [4.69, 9.17) is 14.2 Å². The molecule has 0 atom stereocenters. The third-order valence-electron chi connectivity index (χ3n) is 4.26. The van der Waals surface area contributed by atoms with Crippen LogP contribution in [0.5, 0.6) is 11.5 Å². The van der Waals surface area contributed by atoms with Crippen LogP contribution in [0.3, 0.4) is 0 Å². The highest BCUT2D eigenvalue weighted by Gasteiger charge is 2.14. The quantitative estimate of drug-likeness (QED) is 0.851. The topological polar surface area (TPSA) is 72.9 Å². The number of hydrogen-bond acceptors (Lipinski definition) is 6. The standard InChI is InChI=1S/C19H23N3O4/c1-24-17-4-3-14(9-18(17)25-2)11-21-19(23)15-10-16(13-20-12-15)22-5-7-26-8-6-22/h3-4,9-10,12-13H,5-8,11H2,1-2H3,(H,21,23). The minimum absolute atomic E-state index is 0.164. The molecule has 1 aromatic heterocycles. The molecule has 1 aliphatic rings. The zero-order chi connectivity index (χ0) is 18.4. The number of carbonyl (C=O) groups is 1. The van der Waals surface area contributed by atoms with Crippen LogP contribution in [0, 0.1) is 0 Å². The van der Waals surface area contributed by atoms with Crippen molar-refractivity contribution in [3.8, 4) is 11.5 Å². The van der Waals surface area contributed by atoms with Crippen LogP contribution in [0.25, 0.3) is 0 Å². The Morgan fingerprint density at radius 2 is 1.92 bits per heavy atom. The Bertz CT molecular complexity index is 760. The summed E-state index contributed by atoms with van der Waals surface area (Å²) in [4.78, 5) is 18.9. The van der Waals surface area contributed by atoms with Gasteiger partial charge in [-0.25, -0.2) is 0 Å². The Morgan fingerprint density at radius 1 is 1.15 bits per heavy atom. The molecule has 7 nitrogen and oxygen atoms in total. The van der Waals surface area contributed by atoms with Gasteiger partial charge in [-0.15, -0.1) is 0 Å². The lowest BCUT2D eigenvalue weighted by Crippen LogP contribution is -2.36. The molecule has 138 valence electrons. The number of ether oxygens (including phenoxy) is 3. The number of benzene rings is 1. The molecule has 0 radical (unpaired) electrons. The average molecular weight is 357 g/mol. The van der Waals surface area contributed by atoms with Gasteiger partial charge in [0.15, 0.2) is 11.5 Å². The van der Waals surface area contributed by atoms with Crippen LogP contribution in [0.4, 0.5) is 5.69 Å². The highest BCUT2D eigenvalue weighted by Crippen LogP contribution is 2.27. The molecular formula is C19H23N3O4. The van der Waals surface area contributed by atoms with Crippen molar-refractivity contribution in [2.45, 2.75) is 6.54 Å². The molecule has 1 amide bonds. The number of methoxy groups -OCH3 is 2. The molecule has 0 saturated carbocycles. The van der Waals surface area contributed by atoms with E-state index in [2.05, 4.69) is 15.2 Å². The van der Waals surface area contributed by atoms with E-state index in [1.165, 1.54) is 0 Å². The van der Waals surface area contributed by atoms with Gasteiger partial charge in [-0.1, -0.05) is 6.07 Å². The lowest BCUT2D eigenvalue weighted by atomic mass is 10.2. The fourth-order valence-electron chi connectivity index (χ4n) is 2.82. The molecule has 0 aliphatic carbocycles. The number of anilines is 1. The van der Waals surface area contributed by atoms with Gasteiger partial charge >= 0.3 is 0 Å². The summed E-state index contributed by atoms with van der Waals surface area (Å²) < 4.78 is 15.9. The van der Waals surface area contributed by atoms with Gasteiger partial charge in [-0.05, 0) is 23.8 Å². The zero-order valence-electron chi connectivity index (χ0n) is 15.0. The lowest BCUT2D eigenvalue weighted by Gasteiger charge is -2.28. The largest absolute Gasteiger partial charge is 0.493 e. The highest BCUT2D eigenvalue weighted by molar-refractivity contribution is 5.94. The molecule has 0 bridgehead atoms. The summed E-state index contributed by atoms with van der Waals surface area (Å²) in [6.45, 7) is 3.38. The van der Waals surface area contributed by atoms with E-state index in [0.29, 0.717) is 36.8 Å². The first kappa shape index (κ1) is 18.0. The van der Waals surface area contributed by atoms with Crippen LogP contribution in [-0.4, -0.2) is 51.4 Å². The average Bonchev–Trinajstić information content (AvgIpc) is 2.72. The highest BCUT2D eigenvalue weighted by atomic mass is 16.5. The molecule has 1 N–H and O–H groups in total. The minimum Gasteiger partial charge on any atom is -0.493 e. The minimum atomic E-state index is -0.164. The van der Waals surface area contributed by atoms with Crippen molar-refractivity contribution < 1.29 is 19.0 Å². The fraction of sp³-hybridized carbons (Fsp3) is 0.368. The second-order valence-electron chi connectivity index (χ2n) is 5.90. The Labute approximate surface area is 152 Å². The van der Waals surface area contributed by atoms with Crippen LogP contribution in [0.1, 0.15) is 15.9 Å². The maximum Gasteiger partial charge on any atom is 0.253 e. The Morgan fingerprint density at radius 3 is 2.65 bits per heavy atom. The molecule has 1 aliphatic heterocycles. The van der Waals surface area contributed by atoms with Crippen molar-refractivity contribution in [2.75, 3.05) is 45.4 Å². The third-order valence-corrected chi connectivity index (χ3v) is 4.26. The van der Waals surface area contributed by atoms with Gasteiger partial charge in [0.2, 0.25) is 0 Å². The molecule has 2 aromatic rings. The first-order valence-electron chi connectivity index (χ1n) is 8.48.